The van der Waals surface area contributed by atoms with Crippen molar-refractivity contribution in [2.45, 2.75) is 44.6 Å². The van der Waals surface area contributed by atoms with Crippen molar-refractivity contribution >= 4 is 23.9 Å². The number of esters is 4. The lowest BCUT2D eigenvalue weighted by Gasteiger charge is -2.26. The average Bonchev–Trinajstić information content (AvgIpc) is 3.25. The van der Waals surface area contributed by atoms with Gasteiger partial charge in [0.15, 0.2) is 6.10 Å². The van der Waals surface area contributed by atoms with Crippen molar-refractivity contribution < 1.29 is 42.9 Å². The third-order valence-corrected chi connectivity index (χ3v) is 5.76. The van der Waals surface area contributed by atoms with E-state index in [1.54, 1.807) is 97.9 Å². The van der Waals surface area contributed by atoms with Gasteiger partial charge in [0.2, 0.25) is 12.4 Å². The minimum atomic E-state index is -1.42. The molecule has 1 heterocycles. The van der Waals surface area contributed by atoms with Gasteiger partial charge in [-0.2, -0.15) is 0 Å². The molecule has 3 aromatic rings. The quantitative estimate of drug-likeness (QED) is 0.323. The monoisotopic (exact) mass is 518 g/mol. The molecule has 0 N–H and O–H groups in total. The van der Waals surface area contributed by atoms with Gasteiger partial charge in [-0.3, -0.25) is 4.79 Å². The Morgan fingerprint density at radius 2 is 1.05 bits per heavy atom. The van der Waals surface area contributed by atoms with E-state index in [1.165, 1.54) is 0 Å². The van der Waals surface area contributed by atoms with E-state index < -0.39 is 54.6 Å². The highest BCUT2D eigenvalue weighted by atomic mass is 16.8. The van der Waals surface area contributed by atoms with Crippen molar-refractivity contribution in [3.63, 3.8) is 0 Å². The summed E-state index contributed by atoms with van der Waals surface area (Å²) in [6.07, 6.45) is -6.17. The summed E-state index contributed by atoms with van der Waals surface area (Å²) in [4.78, 5) is 50.5. The molecule has 9 nitrogen and oxygen atoms in total. The van der Waals surface area contributed by atoms with Crippen molar-refractivity contribution in [1.29, 1.82) is 0 Å². The molecule has 0 radical (unpaired) electrons. The summed E-state index contributed by atoms with van der Waals surface area (Å²) in [6.45, 7) is 2.71. The average molecular weight is 519 g/mol. The summed E-state index contributed by atoms with van der Waals surface area (Å²) in [5.74, 6) is -2.82. The van der Waals surface area contributed by atoms with Gasteiger partial charge >= 0.3 is 23.9 Å². The Hall–Kier alpha value is -4.50. The fourth-order valence-corrected chi connectivity index (χ4v) is 3.95. The molecule has 4 rings (SSSR count). The molecule has 0 aromatic heterocycles. The molecular formula is C29H26O9. The highest BCUT2D eigenvalue weighted by Crippen LogP contribution is 2.32. The summed E-state index contributed by atoms with van der Waals surface area (Å²) < 4.78 is 28.2. The first kappa shape index (κ1) is 26.6. The van der Waals surface area contributed by atoms with Gasteiger partial charge in [-0.05, 0) is 43.3 Å². The normalized spacial score (nSPS) is 21.1. The minimum absolute atomic E-state index is 0.231. The predicted molar refractivity (Wildman–Crippen MR) is 133 cm³/mol. The van der Waals surface area contributed by atoms with E-state index in [2.05, 4.69) is 0 Å². The lowest BCUT2D eigenvalue weighted by molar-refractivity contribution is -0.191. The molecule has 0 amide bonds. The number of hydrogen-bond donors (Lipinski definition) is 0. The van der Waals surface area contributed by atoms with E-state index in [4.69, 9.17) is 23.7 Å². The standard InChI is InChI=1S/C29H26O9/c1-18(34-26(31)20-12-6-3-7-13-20)23-24(36-27(32)21-14-8-4-9-15-21)25(29(38-23)35-19(2)30)37-28(33)22-16-10-5-11-17-22/h3-18,23-25,29H,1-2H3/t18-,23+,24+,25+,29?/m0/s1. The Labute approximate surface area is 219 Å². The van der Waals surface area contributed by atoms with Crippen LogP contribution in [0.2, 0.25) is 0 Å². The maximum atomic E-state index is 13.0. The lowest BCUT2D eigenvalue weighted by Crippen LogP contribution is -2.45. The topological polar surface area (TPSA) is 114 Å². The van der Waals surface area contributed by atoms with E-state index in [9.17, 15) is 19.2 Å². The zero-order valence-corrected chi connectivity index (χ0v) is 20.7. The van der Waals surface area contributed by atoms with Gasteiger partial charge < -0.3 is 23.7 Å². The van der Waals surface area contributed by atoms with Crippen LogP contribution >= 0.6 is 0 Å². The van der Waals surface area contributed by atoms with Gasteiger partial charge in [-0.15, -0.1) is 0 Å². The summed E-state index contributed by atoms with van der Waals surface area (Å²) in [5.41, 5.74) is 0.775. The third kappa shape index (κ3) is 6.43. The number of ether oxygens (including phenoxy) is 5. The number of carbonyl (C=O) groups is 4. The Kier molecular flexibility index (Phi) is 8.50. The van der Waals surface area contributed by atoms with Crippen LogP contribution in [-0.2, 0) is 28.5 Å². The van der Waals surface area contributed by atoms with Crippen LogP contribution in [0, 0.1) is 0 Å². The molecule has 0 bridgehead atoms. The molecule has 196 valence electrons. The molecular weight excluding hydrogens is 492 g/mol. The molecule has 1 saturated heterocycles. The van der Waals surface area contributed by atoms with Gasteiger partial charge in [0.25, 0.3) is 0 Å². The summed E-state index contributed by atoms with van der Waals surface area (Å²) in [6, 6.07) is 24.6. The molecule has 0 spiro atoms. The molecule has 5 atom stereocenters. The highest BCUT2D eigenvalue weighted by Gasteiger charge is 2.54. The van der Waals surface area contributed by atoms with Crippen LogP contribution in [-0.4, -0.2) is 54.6 Å². The van der Waals surface area contributed by atoms with Crippen LogP contribution in [0.4, 0.5) is 0 Å². The Morgan fingerprint density at radius 1 is 0.632 bits per heavy atom. The van der Waals surface area contributed by atoms with E-state index in [1.807, 2.05) is 0 Å². The lowest BCUT2D eigenvalue weighted by atomic mass is 10.1. The Balaban J connectivity index is 1.63. The maximum absolute atomic E-state index is 13.0. The maximum Gasteiger partial charge on any atom is 0.338 e. The molecule has 1 aliphatic rings. The van der Waals surface area contributed by atoms with Crippen molar-refractivity contribution in [1.82, 2.24) is 0 Å². The fourth-order valence-electron chi connectivity index (χ4n) is 3.95. The fraction of sp³-hybridized carbons (Fsp3) is 0.241. The highest BCUT2D eigenvalue weighted by molar-refractivity contribution is 5.91. The first-order chi connectivity index (χ1) is 18.3. The molecule has 9 heteroatoms. The summed E-state index contributed by atoms with van der Waals surface area (Å²) in [5, 5.41) is 0. The second kappa shape index (κ2) is 12.2. The second-order valence-electron chi connectivity index (χ2n) is 8.53. The molecule has 3 aromatic carbocycles. The van der Waals surface area contributed by atoms with E-state index in [0.717, 1.165) is 6.92 Å². The predicted octanol–water partition coefficient (Wildman–Crippen LogP) is 3.97. The van der Waals surface area contributed by atoms with Crippen LogP contribution in [0.3, 0.4) is 0 Å². The zero-order valence-electron chi connectivity index (χ0n) is 20.7. The number of rotatable bonds is 8. The van der Waals surface area contributed by atoms with Gasteiger partial charge in [-0.1, -0.05) is 54.6 Å². The van der Waals surface area contributed by atoms with Crippen molar-refractivity contribution in [3.05, 3.63) is 108 Å². The van der Waals surface area contributed by atoms with E-state index >= 15 is 0 Å². The van der Waals surface area contributed by atoms with Crippen LogP contribution in [0.25, 0.3) is 0 Å². The Bertz CT molecular complexity index is 1260. The molecule has 1 fully saturated rings. The van der Waals surface area contributed by atoms with E-state index in [-0.39, 0.29) is 11.1 Å². The third-order valence-electron chi connectivity index (χ3n) is 5.76. The van der Waals surface area contributed by atoms with Gasteiger partial charge in [0, 0.05) is 6.92 Å². The van der Waals surface area contributed by atoms with Gasteiger partial charge in [0.1, 0.15) is 12.2 Å². The molecule has 0 aliphatic carbocycles. The summed E-state index contributed by atoms with van der Waals surface area (Å²) in [7, 11) is 0. The van der Waals surface area contributed by atoms with Crippen LogP contribution in [0.1, 0.15) is 44.9 Å². The number of carbonyl (C=O) groups excluding carboxylic acids is 4. The Morgan fingerprint density at radius 3 is 1.50 bits per heavy atom. The SMILES string of the molecule is CC(=O)OC1O[C@H]([C@H](C)OC(=O)c2ccccc2)[C@@H](OC(=O)c2ccccc2)[C@H]1OC(=O)c1ccccc1. The smallest absolute Gasteiger partial charge is 0.338 e. The van der Waals surface area contributed by atoms with Crippen LogP contribution < -0.4 is 0 Å². The zero-order chi connectivity index (χ0) is 27.1. The van der Waals surface area contributed by atoms with Crippen LogP contribution in [0.5, 0.6) is 0 Å². The van der Waals surface area contributed by atoms with Gasteiger partial charge in [0.05, 0.1) is 16.7 Å². The van der Waals surface area contributed by atoms with Crippen molar-refractivity contribution in [2.24, 2.45) is 0 Å². The summed E-state index contributed by atoms with van der Waals surface area (Å²) >= 11 is 0. The molecule has 1 unspecified atom stereocenters. The first-order valence-electron chi connectivity index (χ1n) is 11.9. The first-order valence-corrected chi connectivity index (χ1v) is 11.9. The van der Waals surface area contributed by atoms with Crippen LogP contribution in [0.15, 0.2) is 91.0 Å². The molecule has 0 saturated carbocycles. The molecule has 38 heavy (non-hydrogen) atoms. The molecule has 1 aliphatic heterocycles. The van der Waals surface area contributed by atoms with E-state index in [0.29, 0.717) is 5.56 Å². The number of benzene rings is 3. The van der Waals surface area contributed by atoms with Crippen molar-refractivity contribution in [2.75, 3.05) is 0 Å². The van der Waals surface area contributed by atoms with Gasteiger partial charge in [-0.25, -0.2) is 14.4 Å². The second-order valence-corrected chi connectivity index (χ2v) is 8.53. The minimum Gasteiger partial charge on any atom is -0.456 e. The largest absolute Gasteiger partial charge is 0.456 e. The number of hydrogen-bond acceptors (Lipinski definition) is 9. The van der Waals surface area contributed by atoms with Crippen molar-refractivity contribution in [3.8, 4) is 0 Å².